The number of benzene rings is 1. The van der Waals surface area contributed by atoms with Gasteiger partial charge >= 0.3 is 0 Å². The Morgan fingerprint density at radius 2 is 1.95 bits per heavy atom. The molecule has 0 aliphatic rings. The number of rotatable bonds is 8. The molecule has 2 nitrogen and oxygen atoms in total. The molecule has 0 bridgehead atoms. The van der Waals surface area contributed by atoms with E-state index in [4.69, 9.17) is 11.6 Å². The third kappa shape index (κ3) is 4.99. The lowest BCUT2D eigenvalue weighted by Gasteiger charge is -2.31. The Kier molecular flexibility index (Phi) is 7.39. The van der Waals surface area contributed by atoms with Crippen molar-refractivity contribution in [2.24, 2.45) is 5.92 Å². The van der Waals surface area contributed by atoms with Gasteiger partial charge in [-0.3, -0.25) is 0 Å². The molecule has 0 heterocycles. The van der Waals surface area contributed by atoms with Gasteiger partial charge in [0.15, 0.2) is 0 Å². The molecule has 0 radical (unpaired) electrons. The maximum Gasteiger partial charge on any atom is 0.0642 e. The number of halogens is 1. The van der Waals surface area contributed by atoms with Crippen LogP contribution in [0.3, 0.4) is 0 Å². The Hall–Kier alpha value is -0.730. The minimum atomic E-state index is 0.486. The molecule has 0 amide bonds. The Balaban J connectivity index is 2.90. The molecule has 1 N–H and O–H groups in total. The van der Waals surface area contributed by atoms with E-state index in [-0.39, 0.29) is 0 Å². The summed E-state index contributed by atoms with van der Waals surface area (Å²) >= 11 is 6.45. The number of nitrogens with zero attached hydrogens (tertiary/aromatic N) is 1. The predicted octanol–water partition coefficient (Wildman–Crippen LogP) is 4.71. The first-order valence-electron chi connectivity index (χ1n) is 7.68. The average molecular weight is 297 g/mol. The van der Waals surface area contributed by atoms with E-state index in [1.165, 1.54) is 17.7 Å². The highest BCUT2D eigenvalue weighted by Crippen LogP contribution is 2.31. The number of nitrogens with one attached hydrogen (secondary N) is 1. The van der Waals surface area contributed by atoms with Crippen molar-refractivity contribution in [3.05, 3.63) is 28.8 Å². The van der Waals surface area contributed by atoms with Crippen LogP contribution in [0.5, 0.6) is 0 Å². The van der Waals surface area contributed by atoms with E-state index in [1.807, 2.05) is 12.1 Å². The van der Waals surface area contributed by atoms with Gasteiger partial charge in [-0.05, 0) is 43.9 Å². The zero-order valence-corrected chi connectivity index (χ0v) is 14.3. The van der Waals surface area contributed by atoms with Crippen LogP contribution in [0.25, 0.3) is 0 Å². The zero-order valence-electron chi connectivity index (χ0n) is 13.5. The molecule has 0 saturated carbocycles. The summed E-state index contributed by atoms with van der Waals surface area (Å²) in [5.41, 5.74) is 2.45. The normalized spacial score (nSPS) is 12.8. The Labute approximate surface area is 129 Å². The fraction of sp³-hybridized carbons (Fsp3) is 0.647. The van der Waals surface area contributed by atoms with Crippen LogP contribution in [0.4, 0.5) is 5.69 Å². The monoisotopic (exact) mass is 296 g/mol. The summed E-state index contributed by atoms with van der Waals surface area (Å²) in [6.45, 7) is 10.9. The van der Waals surface area contributed by atoms with E-state index in [0.29, 0.717) is 12.0 Å². The molecule has 114 valence electrons. The van der Waals surface area contributed by atoms with E-state index >= 15 is 0 Å². The maximum absolute atomic E-state index is 6.45. The second kappa shape index (κ2) is 8.53. The third-order valence-electron chi connectivity index (χ3n) is 3.64. The standard InChI is InChI=1S/C17H29ClN2/c1-6-10-19-12-15-8-7-9-16(18)17(15)20(5)14(4)11-13(2)3/h7-9,13-14,19H,6,10-12H2,1-5H3. The van der Waals surface area contributed by atoms with E-state index < -0.39 is 0 Å². The largest absolute Gasteiger partial charge is 0.370 e. The van der Waals surface area contributed by atoms with E-state index in [2.05, 4.69) is 51.0 Å². The van der Waals surface area contributed by atoms with Crippen LogP contribution < -0.4 is 10.2 Å². The molecule has 1 unspecified atom stereocenters. The molecule has 0 aliphatic heterocycles. The summed E-state index contributed by atoms with van der Waals surface area (Å²) < 4.78 is 0. The molecular formula is C17H29ClN2. The molecule has 1 rings (SSSR count). The summed E-state index contributed by atoms with van der Waals surface area (Å²) in [6, 6.07) is 6.68. The topological polar surface area (TPSA) is 15.3 Å². The first kappa shape index (κ1) is 17.3. The lowest BCUT2D eigenvalue weighted by molar-refractivity contribution is 0.503. The van der Waals surface area contributed by atoms with Crippen LogP contribution >= 0.6 is 11.6 Å². The van der Waals surface area contributed by atoms with Crippen molar-refractivity contribution in [2.45, 2.75) is 53.1 Å². The van der Waals surface area contributed by atoms with Gasteiger partial charge in [0, 0.05) is 19.6 Å². The Bertz CT molecular complexity index is 404. The van der Waals surface area contributed by atoms with Crippen molar-refractivity contribution < 1.29 is 0 Å². The second-order valence-electron chi connectivity index (χ2n) is 6.01. The average Bonchev–Trinajstić information content (AvgIpc) is 2.37. The first-order chi connectivity index (χ1) is 9.47. The van der Waals surface area contributed by atoms with Gasteiger partial charge in [0.05, 0.1) is 10.7 Å². The van der Waals surface area contributed by atoms with Gasteiger partial charge in [0.1, 0.15) is 0 Å². The van der Waals surface area contributed by atoms with Crippen molar-refractivity contribution in [3.63, 3.8) is 0 Å². The number of hydrogen-bond donors (Lipinski definition) is 1. The van der Waals surface area contributed by atoms with E-state index in [0.717, 1.165) is 24.5 Å². The lowest BCUT2D eigenvalue weighted by atomic mass is 10.0. The van der Waals surface area contributed by atoms with Crippen LogP contribution in [0.15, 0.2) is 18.2 Å². The van der Waals surface area contributed by atoms with Crippen molar-refractivity contribution in [1.29, 1.82) is 0 Å². The van der Waals surface area contributed by atoms with E-state index in [9.17, 15) is 0 Å². The molecular weight excluding hydrogens is 268 g/mol. The summed E-state index contributed by atoms with van der Waals surface area (Å²) in [5, 5.41) is 4.31. The fourth-order valence-corrected chi connectivity index (χ4v) is 2.89. The van der Waals surface area contributed by atoms with Crippen LogP contribution in [-0.4, -0.2) is 19.6 Å². The summed E-state index contributed by atoms with van der Waals surface area (Å²) in [4.78, 5) is 2.32. The summed E-state index contributed by atoms with van der Waals surface area (Å²) in [6.07, 6.45) is 2.32. The van der Waals surface area contributed by atoms with Gasteiger partial charge in [0.2, 0.25) is 0 Å². The van der Waals surface area contributed by atoms with Gasteiger partial charge in [-0.1, -0.05) is 44.5 Å². The summed E-state index contributed by atoms with van der Waals surface area (Å²) in [7, 11) is 2.15. The zero-order chi connectivity index (χ0) is 15.1. The first-order valence-corrected chi connectivity index (χ1v) is 8.06. The van der Waals surface area contributed by atoms with Crippen LogP contribution in [0, 0.1) is 5.92 Å². The van der Waals surface area contributed by atoms with Crippen molar-refractivity contribution in [3.8, 4) is 0 Å². The molecule has 0 aromatic heterocycles. The molecule has 20 heavy (non-hydrogen) atoms. The minimum Gasteiger partial charge on any atom is -0.370 e. The SMILES string of the molecule is CCCNCc1cccc(Cl)c1N(C)C(C)CC(C)C. The van der Waals surface area contributed by atoms with Crippen LogP contribution in [-0.2, 0) is 6.54 Å². The van der Waals surface area contributed by atoms with Crippen LogP contribution in [0.2, 0.25) is 5.02 Å². The van der Waals surface area contributed by atoms with Gasteiger partial charge in [0.25, 0.3) is 0 Å². The number of para-hydroxylation sites is 1. The smallest absolute Gasteiger partial charge is 0.0642 e. The molecule has 0 saturated heterocycles. The molecule has 0 spiro atoms. The van der Waals surface area contributed by atoms with Gasteiger partial charge in [-0.2, -0.15) is 0 Å². The summed E-state index contributed by atoms with van der Waals surface area (Å²) in [5.74, 6) is 0.691. The lowest BCUT2D eigenvalue weighted by Crippen LogP contribution is -2.31. The highest BCUT2D eigenvalue weighted by atomic mass is 35.5. The highest BCUT2D eigenvalue weighted by molar-refractivity contribution is 6.33. The van der Waals surface area contributed by atoms with Gasteiger partial charge in [-0.25, -0.2) is 0 Å². The predicted molar refractivity (Wildman–Crippen MR) is 90.8 cm³/mol. The molecule has 1 aromatic rings. The molecule has 1 aromatic carbocycles. The minimum absolute atomic E-state index is 0.486. The highest BCUT2D eigenvalue weighted by Gasteiger charge is 2.17. The molecule has 1 atom stereocenters. The molecule has 0 fully saturated rings. The number of anilines is 1. The third-order valence-corrected chi connectivity index (χ3v) is 3.94. The Morgan fingerprint density at radius 3 is 2.55 bits per heavy atom. The maximum atomic E-state index is 6.45. The second-order valence-corrected chi connectivity index (χ2v) is 6.42. The van der Waals surface area contributed by atoms with E-state index in [1.54, 1.807) is 0 Å². The van der Waals surface area contributed by atoms with Crippen molar-refractivity contribution in [2.75, 3.05) is 18.5 Å². The van der Waals surface area contributed by atoms with Crippen molar-refractivity contribution in [1.82, 2.24) is 5.32 Å². The molecule has 0 aliphatic carbocycles. The molecule has 3 heteroatoms. The quantitative estimate of drug-likeness (QED) is 0.699. The Morgan fingerprint density at radius 1 is 1.25 bits per heavy atom. The van der Waals surface area contributed by atoms with Crippen molar-refractivity contribution >= 4 is 17.3 Å². The van der Waals surface area contributed by atoms with Crippen LogP contribution in [0.1, 0.15) is 46.1 Å². The number of hydrogen-bond acceptors (Lipinski definition) is 2. The van der Waals surface area contributed by atoms with Gasteiger partial charge in [-0.15, -0.1) is 0 Å². The van der Waals surface area contributed by atoms with Gasteiger partial charge < -0.3 is 10.2 Å². The fourth-order valence-electron chi connectivity index (χ4n) is 2.56.